The van der Waals surface area contributed by atoms with E-state index in [9.17, 15) is 5.11 Å². The lowest BCUT2D eigenvalue weighted by Crippen LogP contribution is -2.32. The molecule has 0 saturated carbocycles. The molecule has 0 radical (unpaired) electrons. The Morgan fingerprint density at radius 2 is 2.17 bits per heavy atom. The Bertz CT molecular complexity index is 691. The molecular weight excluding hydrogens is 337 g/mol. The van der Waals surface area contributed by atoms with Crippen LogP contribution in [-0.4, -0.2) is 38.8 Å². The van der Waals surface area contributed by atoms with Crippen LogP contribution < -0.4 is 10.2 Å². The fourth-order valence-electron chi connectivity index (χ4n) is 2.87. The van der Waals surface area contributed by atoms with Crippen LogP contribution in [0.3, 0.4) is 0 Å². The van der Waals surface area contributed by atoms with Gasteiger partial charge in [-0.3, -0.25) is 0 Å². The molecule has 0 bridgehead atoms. The van der Waals surface area contributed by atoms with Gasteiger partial charge in [-0.25, -0.2) is 9.97 Å². The molecule has 3 heterocycles. The van der Waals surface area contributed by atoms with E-state index in [2.05, 4.69) is 20.2 Å². The molecule has 8 heteroatoms. The van der Waals surface area contributed by atoms with Crippen molar-refractivity contribution in [3.05, 3.63) is 34.3 Å². The van der Waals surface area contributed by atoms with E-state index in [1.165, 1.54) is 6.33 Å². The standard InChI is InChI=1S/C15H19Cl2N5O/c1-21-11(5-12(16)15(21)17)7-18-13-6-14(20-9-19-13)22-4-2-3-10(22)8-23/h5-6,9-10,23H,2-4,7-8H2,1H3,(H,18,19,20). The van der Waals surface area contributed by atoms with Gasteiger partial charge in [0.1, 0.15) is 23.1 Å². The molecule has 1 aliphatic heterocycles. The van der Waals surface area contributed by atoms with Crippen molar-refractivity contribution in [1.29, 1.82) is 0 Å². The molecule has 0 spiro atoms. The normalized spacial score (nSPS) is 17.7. The summed E-state index contributed by atoms with van der Waals surface area (Å²) in [6, 6.07) is 3.88. The van der Waals surface area contributed by atoms with Gasteiger partial charge in [0.2, 0.25) is 0 Å². The molecule has 0 aromatic carbocycles. The third kappa shape index (κ3) is 3.39. The van der Waals surface area contributed by atoms with Crippen molar-refractivity contribution >= 4 is 34.8 Å². The Labute approximate surface area is 145 Å². The summed E-state index contributed by atoms with van der Waals surface area (Å²) in [4.78, 5) is 10.7. The number of anilines is 2. The minimum atomic E-state index is 0.142. The summed E-state index contributed by atoms with van der Waals surface area (Å²) in [6.45, 7) is 1.61. The summed E-state index contributed by atoms with van der Waals surface area (Å²) in [5.41, 5.74) is 0.967. The lowest BCUT2D eigenvalue weighted by molar-refractivity contribution is 0.266. The van der Waals surface area contributed by atoms with E-state index in [-0.39, 0.29) is 12.6 Å². The summed E-state index contributed by atoms with van der Waals surface area (Å²) in [5.74, 6) is 1.56. The van der Waals surface area contributed by atoms with Crippen molar-refractivity contribution < 1.29 is 5.11 Å². The number of hydrogen-bond acceptors (Lipinski definition) is 5. The highest BCUT2D eigenvalue weighted by Crippen LogP contribution is 2.27. The van der Waals surface area contributed by atoms with Crippen molar-refractivity contribution in [3.63, 3.8) is 0 Å². The molecule has 2 aromatic rings. The second-order valence-electron chi connectivity index (χ2n) is 5.62. The highest BCUT2D eigenvalue weighted by atomic mass is 35.5. The summed E-state index contributed by atoms with van der Waals surface area (Å²) in [6.07, 6.45) is 3.59. The Kier molecular flexibility index (Phi) is 4.94. The highest BCUT2D eigenvalue weighted by Gasteiger charge is 2.25. The van der Waals surface area contributed by atoms with Crippen LogP contribution in [0.15, 0.2) is 18.5 Å². The summed E-state index contributed by atoms with van der Waals surface area (Å²) in [7, 11) is 1.87. The van der Waals surface area contributed by atoms with E-state index < -0.39 is 0 Å². The van der Waals surface area contributed by atoms with Gasteiger partial charge in [0.15, 0.2) is 0 Å². The average molecular weight is 356 g/mol. The zero-order valence-corrected chi connectivity index (χ0v) is 14.3. The molecule has 6 nitrogen and oxygen atoms in total. The first-order valence-corrected chi connectivity index (χ1v) is 8.28. The van der Waals surface area contributed by atoms with Gasteiger partial charge in [-0.05, 0) is 18.9 Å². The van der Waals surface area contributed by atoms with Gasteiger partial charge < -0.3 is 19.9 Å². The second-order valence-corrected chi connectivity index (χ2v) is 6.39. The predicted octanol–water partition coefficient (Wildman–Crippen LogP) is 2.70. The number of halogens is 2. The van der Waals surface area contributed by atoms with Crippen molar-refractivity contribution in [2.75, 3.05) is 23.4 Å². The van der Waals surface area contributed by atoms with Crippen LogP contribution in [0.4, 0.5) is 11.6 Å². The lowest BCUT2D eigenvalue weighted by Gasteiger charge is -2.24. The maximum Gasteiger partial charge on any atom is 0.134 e. The van der Waals surface area contributed by atoms with Crippen LogP contribution in [0.1, 0.15) is 18.5 Å². The summed E-state index contributed by atoms with van der Waals surface area (Å²) >= 11 is 12.1. The fraction of sp³-hybridized carbons (Fsp3) is 0.467. The van der Waals surface area contributed by atoms with E-state index in [1.807, 2.05) is 23.7 Å². The van der Waals surface area contributed by atoms with Crippen LogP contribution in [0.25, 0.3) is 0 Å². The third-order valence-corrected chi connectivity index (χ3v) is 5.04. The number of rotatable bonds is 5. The molecule has 1 unspecified atom stereocenters. The molecular formula is C15H19Cl2N5O. The highest BCUT2D eigenvalue weighted by molar-refractivity contribution is 6.41. The van der Waals surface area contributed by atoms with Crippen LogP contribution in [0.2, 0.25) is 10.2 Å². The number of nitrogens with one attached hydrogen (secondary N) is 1. The minimum Gasteiger partial charge on any atom is -0.394 e. The number of aliphatic hydroxyl groups excluding tert-OH is 1. The molecule has 1 saturated heterocycles. The molecule has 23 heavy (non-hydrogen) atoms. The Balaban J connectivity index is 1.71. The number of aliphatic hydroxyl groups is 1. The minimum absolute atomic E-state index is 0.142. The first-order valence-electron chi connectivity index (χ1n) is 7.53. The van der Waals surface area contributed by atoms with E-state index in [0.717, 1.165) is 36.7 Å². The van der Waals surface area contributed by atoms with E-state index in [0.29, 0.717) is 16.7 Å². The maximum atomic E-state index is 9.45. The zero-order chi connectivity index (χ0) is 16.4. The molecule has 1 aliphatic rings. The van der Waals surface area contributed by atoms with Gasteiger partial charge >= 0.3 is 0 Å². The topological polar surface area (TPSA) is 66.2 Å². The van der Waals surface area contributed by atoms with Crippen molar-refractivity contribution in [3.8, 4) is 0 Å². The molecule has 2 N–H and O–H groups in total. The van der Waals surface area contributed by atoms with E-state index in [4.69, 9.17) is 23.2 Å². The zero-order valence-electron chi connectivity index (χ0n) is 12.8. The number of aromatic nitrogens is 3. The number of hydrogen-bond donors (Lipinski definition) is 2. The number of nitrogens with zero attached hydrogens (tertiary/aromatic N) is 4. The molecule has 0 aliphatic carbocycles. The van der Waals surface area contributed by atoms with Crippen molar-refractivity contribution in [2.45, 2.75) is 25.4 Å². The smallest absolute Gasteiger partial charge is 0.134 e. The van der Waals surface area contributed by atoms with Gasteiger partial charge in [0, 0.05) is 25.4 Å². The van der Waals surface area contributed by atoms with Gasteiger partial charge in [-0.15, -0.1) is 0 Å². The average Bonchev–Trinajstić information content (AvgIpc) is 3.14. The second kappa shape index (κ2) is 6.95. The monoisotopic (exact) mass is 355 g/mol. The van der Waals surface area contributed by atoms with Gasteiger partial charge in [-0.1, -0.05) is 23.2 Å². The van der Waals surface area contributed by atoms with Crippen LogP contribution in [0, 0.1) is 0 Å². The Morgan fingerprint density at radius 1 is 1.35 bits per heavy atom. The molecule has 1 fully saturated rings. The summed E-state index contributed by atoms with van der Waals surface area (Å²) in [5, 5.41) is 13.8. The molecule has 1 atom stereocenters. The van der Waals surface area contributed by atoms with Gasteiger partial charge in [-0.2, -0.15) is 0 Å². The third-order valence-electron chi connectivity index (χ3n) is 4.20. The Morgan fingerprint density at radius 3 is 2.87 bits per heavy atom. The lowest BCUT2D eigenvalue weighted by atomic mass is 10.2. The SMILES string of the molecule is Cn1c(CNc2cc(N3CCCC3CO)ncn2)cc(Cl)c1Cl. The van der Waals surface area contributed by atoms with Crippen LogP contribution in [0.5, 0.6) is 0 Å². The first-order chi connectivity index (χ1) is 11.1. The van der Waals surface area contributed by atoms with Crippen LogP contribution in [-0.2, 0) is 13.6 Å². The van der Waals surface area contributed by atoms with E-state index >= 15 is 0 Å². The van der Waals surface area contributed by atoms with Gasteiger partial charge in [0.25, 0.3) is 0 Å². The summed E-state index contributed by atoms with van der Waals surface area (Å²) < 4.78 is 1.83. The predicted molar refractivity (Wildman–Crippen MR) is 92.2 cm³/mol. The molecule has 124 valence electrons. The van der Waals surface area contributed by atoms with E-state index in [1.54, 1.807) is 0 Å². The quantitative estimate of drug-likeness (QED) is 0.862. The Hall–Kier alpha value is -1.50. The van der Waals surface area contributed by atoms with Gasteiger partial charge in [0.05, 0.1) is 24.2 Å². The first kappa shape index (κ1) is 16.4. The van der Waals surface area contributed by atoms with Crippen molar-refractivity contribution in [1.82, 2.24) is 14.5 Å². The van der Waals surface area contributed by atoms with Crippen molar-refractivity contribution in [2.24, 2.45) is 7.05 Å². The largest absolute Gasteiger partial charge is 0.394 e. The molecule has 3 rings (SSSR count). The fourth-order valence-corrected chi connectivity index (χ4v) is 3.28. The molecule has 2 aromatic heterocycles. The van der Waals surface area contributed by atoms with Crippen LogP contribution >= 0.6 is 23.2 Å². The maximum absolute atomic E-state index is 9.45. The molecule has 0 amide bonds.